The van der Waals surface area contributed by atoms with Crippen molar-refractivity contribution in [1.82, 2.24) is 24.5 Å². The summed E-state index contributed by atoms with van der Waals surface area (Å²) in [6.45, 7) is 1.84. The van der Waals surface area contributed by atoms with Crippen molar-refractivity contribution in [3.63, 3.8) is 0 Å². The zero-order valence-electron chi connectivity index (χ0n) is 16.7. The Morgan fingerprint density at radius 1 is 1.16 bits per heavy atom. The number of aryl methyl sites for hydroxylation is 2. The van der Waals surface area contributed by atoms with Gasteiger partial charge in [-0.1, -0.05) is 47.6 Å². The summed E-state index contributed by atoms with van der Waals surface area (Å²) in [5, 5.41) is 16.3. The quantitative estimate of drug-likeness (QED) is 0.432. The van der Waals surface area contributed by atoms with Gasteiger partial charge in [-0.05, 0) is 31.2 Å². The summed E-state index contributed by atoms with van der Waals surface area (Å²) in [7, 11) is 1.75. The molecule has 4 rings (SSSR count). The number of carbonyl (C=O) groups excluding carboxylic acids is 1. The van der Waals surface area contributed by atoms with E-state index in [1.54, 1.807) is 58.8 Å². The number of carbonyl (C=O) groups is 1. The van der Waals surface area contributed by atoms with Gasteiger partial charge in [0.25, 0.3) is 0 Å². The molecule has 0 radical (unpaired) electrons. The Morgan fingerprint density at radius 3 is 2.61 bits per heavy atom. The lowest BCUT2D eigenvalue weighted by molar-refractivity contribution is -0.113. The van der Waals surface area contributed by atoms with Gasteiger partial charge in [-0.15, -0.1) is 10.2 Å². The molecule has 0 fully saturated rings. The summed E-state index contributed by atoms with van der Waals surface area (Å²) in [5.41, 5.74) is 1.68. The van der Waals surface area contributed by atoms with Crippen LogP contribution in [0.25, 0.3) is 17.1 Å². The van der Waals surface area contributed by atoms with Crippen LogP contribution in [0.5, 0.6) is 0 Å². The van der Waals surface area contributed by atoms with Gasteiger partial charge in [0.15, 0.2) is 11.0 Å². The second kappa shape index (κ2) is 8.91. The van der Waals surface area contributed by atoms with Crippen LogP contribution in [0.15, 0.2) is 59.8 Å². The van der Waals surface area contributed by atoms with E-state index < -0.39 is 5.82 Å². The van der Waals surface area contributed by atoms with E-state index in [1.165, 1.54) is 6.07 Å². The Balaban J connectivity index is 1.65. The van der Waals surface area contributed by atoms with Gasteiger partial charge in [-0.25, -0.2) is 4.39 Å². The molecule has 0 saturated heterocycles. The molecule has 0 aliphatic heterocycles. The number of halogens is 2. The van der Waals surface area contributed by atoms with Gasteiger partial charge < -0.3 is 5.32 Å². The molecule has 0 aliphatic rings. The van der Waals surface area contributed by atoms with Crippen LogP contribution in [0.3, 0.4) is 0 Å². The maximum Gasteiger partial charge on any atom is 0.235 e. The molecule has 1 amide bonds. The maximum atomic E-state index is 14.7. The van der Waals surface area contributed by atoms with Crippen LogP contribution in [0.2, 0.25) is 5.02 Å². The molecule has 0 saturated carbocycles. The standard InChI is InChI=1S/C21H18ClFN6OS/c1-13-11-18(28(2)27-13)24-19(30)12-31-21-26-25-20(14-7-3-4-8-15(14)22)29(21)17-10-6-5-9-16(17)23/h3-11H,12H2,1-2H3,(H,24,30). The summed E-state index contributed by atoms with van der Waals surface area (Å²) in [5.74, 6) is 0.359. The van der Waals surface area contributed by atoms with Crippen molar-refractivity contribution in [2.24, 2.45) is 7.05 Å². The Bertz CT molecular complexity index is 1250. The maximum absolute atomic E-state index is 14.7. The number of thioether (sulfide) groups is 1. The average Bonchev–Trinajstić information content (AvgIpc) is 3.29. The molecule has 31 heavy (non-hydrogen) atoms. The van der Waals surface area contributed by atoms with Crippen molar-refractivity contribution in [1.29, 1.82) is 0 Å². The SMILES string of the molecule is Cc1cc(NC(=O)CSc2nnc(-c3ccccc3Cl)n2-c2ccccc2F)n(C)n1. The van der Waals surface area contributed by atoms with E-state index >= 15 is 0 Å². The van der Waals surface area contributed by atoms with E-state index in [2.05, 4.69) is 20.6 Å². The highest BCUT2D eigenvalue weighted by Gasteiger charge is 2.21. The van der Waals surface area contributed by atoms with Crippen molar-refractivity contribution in [3.05, 3.63) is 71.1 Å². The Hall–Kier alpha value is -3.17. The van der Waals surface area contributed by atoms with Crippen molar-refractivity contribution in [2.45, 2.75) is 12.1 Å². The van der Waals surface area contributed by atoms with Gasteiger partial charge in [-0.3, -0.25) is 14.0 Å². The third-order valence-electron chi connectivity index (χ3n) is 4.44. The molecule has 2 aromatic heterocycles. The Morgan fingerprint density at radius 2 is 1.90 bits per heavy atom. The highest BCUT2D eigenvalue weighted by Crippen LogP contribution is 2.32. The fraction of sp³-hybridized carbons (Fsp3) is 0.143. The zero-order chi connectivity index (χ0) is 22.0. The molecule has 7 nitrogen and oxygen atoms in total. The van der Waals surface area contributed by atoms with Crippen LogP contribution in [-0.2, 0) is 11.8 Å². The summed E-state index contributed by atoms with van der Waals surface area (Å²) >= 11 is 7.50. The van der Waals surface area contributed by atoms with E-state index in [9.17, 15) is 9.18 Å². The Labute approximate surface area is 187 Å². The first-order valence-corrected chi connectivity index (χ1v) is 10.7. The Kier molecular flexibility index (Phi) is 6.06. The van der Waals surface area contributed by atoms with E-state index in [1.807, 2.05) is 13.0 Å². The lowest BCUT2D eigenvalue weighted by atomic mass is 10.2. The number of nitrogens with one attached hydrogen (secondary N) is 1. The van der Waals surface area contributed by atoms with Gasteiger partial charge in [0.05, 0.1) is 22.2 Å². The van der Waals surface area contributed by atoms with Gasteiger partial charge >= 0.3 is 0 Å². The number of nitrogens with zero attached hydrogens (tertiary/aromatic N) is 5. The zero-order valence-corrected chi connectivity index (χ0v) is 18.3. The predicted molar refractivity (Wildman–Crippen MR) is 119 cm³/mol. The molecule has 4 aromatic rings. The van der Waals surface area contributed by atoms with Crippen molar-refractivity contribution in [3.8, 4) is 17.1 Å². The van der Waals surface area contributed by atoms with Crippen LogP contribution in [-0.4, -0.2) is 36.2 Å². The summed E-state index contributed by atoms with van der Waals surface area (Å²) in [4.78, 5) is 12.5. The molecule has 0 bridgehead atoms. The molecule has 0 spiro atoms. The number of anilines is 1. The predicted octanol–water partition coefficient (Wildman–Crippen LogP) is 4.50. The highest BCUT2D eigenvalue weighted by atomic mass is 35.5. The lowest BCUT2D eigenvalue weighted by Gasteiger charge is -2.12. The molecule has 1 N–H and O–H groups in total. The second-order valence-electron chi connectivity index (χ2n) is 6.70. The van der Waals surface area contributed by atoms with Crippen molar-refractivity contribution < 1.29 is 9.18 Å². The number of hydrogen-bond acceptors (Lipinski definition) is 5. The van der Waals surface area contributed by atoms with Gasteiger partial charge in [0.1, 0.15) is 11.6 Å². The van der Waals surface area contributed by atoms with E-state index in [4.69, 9.17) is 11.6 Å². The first kappa shape index (κ1) is 21.1. The second-order valence-corrected chi connectivity index (χ2v) is 8.05. The number of rotatable bonds is 6. The van der Waals surface area contributed by atoms with Crippen LogP contribution >= 0.6 is 23.4 Å². The number of amides is 1. The average molecular weight is 457 g/mol. The molecule has 158 valence electrons. The molecule has 2 heterocycles. The van der Waals surface area contributed by atoms with Crippen molar-refractivity contribution >= 4 is 35.1 Å². The smallest absolute Gasteiger partial charge is 0.235 e. The van der Waals surface area contributed by atoms with Crippen molar-refractivity contribution in [2.75, 3.05) is 11.1 Å². The van der Waals surface area contributed by atoms with Crippen LogP contribution in [0.1, 0.15) is 5.69 Å². The number of para-hydroxylation sites is 1. The van der Waals surface area contributed by atoms with Gasteiger partial charge in [-0.2, -0.15) is 5.10 Å². The number of hydrogen-bond donors (Lipinski definition) is 1. The highest BCUT2D eigenvalue weighted by molar-refractivity contribution is 7.99. The minimum atomic E-state index is -0.438. The lowest BCUT2D eigenvalue weighted by Crippen LogP contribution is -2.17. The molecular formula is C21H18ClFN6OS. The van der Waals surface area contributed by atoms with Gasteiger partial charge in [0.2, 0.25) is 5.91 Å². The van der Waals surface area contributed by atoms with Crippen LogP contribution in [0.4, 0.5) is 10.2 Å². The summed E-state index contributed by atoms with van der Waals surface area (Å²) in [6.07, 6.45) is 0. The fourth-order valence-corrected chi connectivity index (χ4v) is 4.03. The monoisotopic (exact) mass is 456 g/mol. The minimum Gasteiger partial charge on any atom is -0.310 e. The number of aromatic nitrogens is 5. The van der Waals surface area contributed by atoms with E-state index in [-0.39, 0.29) is 17.3 Å². The third-order valence-corrected chi connectivity index (χ3v) is 5.70. The number of benzene rings is 2. The van der Waals surface area contributed by atoms with Gasteiger partial charge in [0, 0.05) is 18.7 Å². The van der Waals surface area contributed by atoms with E-state index in [0.717, 1.165) is 17.5 Å². The summed E-state index contributed by atoms with van der Waals surface area (Å²) < 4.78 is 17.8. The molecule has 0 unspecified atom stereocenters. The van der Waals surface area contributed by atoms with Crippen LogP contribution < -0.4 is 5.32 Å². The summed E-state index contributed by atoms with van der Waals surface area (Å²) in [6, 6.07) is 15.2. The van der Waals surface area contributed by atoms with Crippen LogP contribution in [0, 0.1) is 12.7 Å². The van der Waals surface area contributed by atoms with E-state index in [0.29, 0.717) is 27.4 Å². The normalized spacial score (nSPS) is 11.0. The third kappa shape index (κ3) is 4.47. The molecule has 0 aliphatic carbocycles. The first-order valence-electron chi connectivity index (χ1n) is 9.32. The minimum absolute atomic E-state index is 0.0549. The topological polar surface area (TPSA) is 77.6 Å². The first-order chi connectivity index (χ1) is 14.9. The largest absolute Gasteiger partial charge is 0.310 e. The molecule has 10 heteroatoms. The molecule has 2 aromatic carbocycles. The molecular weight excluding hydrogens is 439 g/mol. The molecule has 0 atom stereocenters. The fourth-order valence-electron chi connectivity index (χ4n) is 3.07.